The second-order valence-electron chi connectivity index (χ2n) is 7.55. The summed E-state index contributed by atoms with van der Waals surface area (Å²) in [5.74, 6) is 1.65. The Hall–Kier alpha value is -1.94. The van der Waals surface area contributed by atoms with E-state index in [1.165, 1.54) is 37.0 Å². The summed E-state index contributed by atoms with van der Waals surface area (Å²) >= 11 is 1.88. The minimum absolute atomic E-state index is 0. The first-order chi connectivity index (χ1) is 14.3. The quantitative estimate of drug-likeness (QED) is 0.277. The monoisotopic (exact) mass is 536 g/mol. The molecule has 2 aromatic heterocycles. The summed E-state index contributed by atoms with van der Waals surface area (Å²) in [6, 6.07) is 14.6. The predicted molar refractivity (Wildman–Crippen MR) is 134 cm³/mol. The molecular formula is C22H29IN6S. The molecule has 2 heterocycles. The summed E-state index contributed by atoms with van der Waals surface area (Å²) in [5, 5.41) is 17.5. The summed E-state index contributed by atoms with van der Waals surface area (Å²) in [6.07, 6.45) is 8.16. The maximum Gasteiger partial charge on any atom is 0.191 e. The molecular weight excluding hydrogens is 507 g/mol. The van der Waals surface area contributed by atoms with Crippen LogP contribution in [0.1, 0.15) is 42.8 Å². The number of halogens is 1. The van der Waals surface area contributed by atoms with E-state index in [1.54, 1.807) is 6.33 Å². The van der Waals surface area contributed by atoms with Crippen molar-refractivity contribution in [2.75, 3.05) is 13.6 Å². The second kappa shape index (κ2) is 10.9. The first-order valence-electron chi connectivity index (χ1n) is 10.2. The minimum atomic E-state index is 0. The third kappa shape index (κ3) is 5.21. The van der Waals surface area contributed by atoms with Gasteiger partial charge in [0.05, 0.1) is 6.54 Å². The number of guanidine groups is 1. The van der Waals surface area contributed by atoms with Crippen molar-refractivity contribution in [2.24, 2.45) is 4.99 Å². The van der Waals surface area contributed by atoms with Crippen molar-refractivity contribution in [2.45, 2.75) is 44.1 Å². The number of aliphatic imine (C=N–C) groups is 1. The Labute approximate surface area is 199 Å². The summed E-state index contributed by atoms with van der Waals surface area (Å²) in [7, 11) is 1.82. The Morgan fingerprint density at radius 2 is 1.90 bits per heavy atom. The molecule has 0 aliphatic heterocycles. The van der Waals surface area contributed by atoms with Crippen molar-refractivity contribution < 1.29 is 0 Å². The third-order valence-corrected chi connectivity index (χ3v) is 6.86. The van der Waals surface area contributed by atoms with Crippen LogP contribution >= 0.6 is 35.3 Å². The maximum atomic E-state index is 4.43. The molecule has 1 aliphatic carbocycles. The maximum absolute atomic E-state index is 4.43. The number of hydrogen-bond donors (Lipinski definition) is 2. The topological polar surface area (TPSA) is 67.1 Å². The van der Waals surface area contributed by atoms with Gasteiger partial charge in [0, 0.05) is 29.6 Å². The van der Waals surface area contributed by atoms with Gasteiger partial charge in [-0.25, -0.2) is 0 Å². The third-order valence-electron chi connectivity index (χ3n) is 5.74. The number of nitrogens with zero attached hydrogens (tertiary/aromatic N) is 4. The highest BCUT2D eigenvalue weighted by molar-refractivity contribution is 14.0. The van der Waals surface area contributed by atoms with Crippen molar-refractivity contribution in [1.29, 1.82) is 0 Å². The van der Waals surface area contributed by atoms with E-state index >= 15 is 0 Å². The molecule has 0 atom stereocenters. The molecule has 30 heavy (non-hydrogen) atoms. The van der Waals surface area contributed by atoms with E-state index in [1.807, 2.05) is 53.3 Å². The number of rotatable bonds is 6. The highest BCUT2D eigenvalue weighted by atomic mass is 127. The lowest BCUT2D eigenvalue weighted by Crippen LogP contribution is -2.46. The Kier molecular flexibility index (Phi) is 8.26. The SMILES string of the molecule is CN=C(NCc1nncn1-c1ccccc1)NCC1(c2cccs2)CCCCC1.I. The number of hydrogen-bond acceptors (Lipinski definition) is 4. The molecule has 8 heteroatoms. The summed E-state index contributed by atoms with van der Waals surface area (Å²) in [6.45, 7) is 1.46. The Morgan fingerprint density at radius 3 is 2.60 bits per heavy atom. The molecule has 0 spiro atoms. The fourth-order valence-corrected chi connectivity index (χ4v) is 5.13. The van der Waals surface area contributed by atoms with Gasteiger partial charge in [-0.05, 0) is 36.4 Å². The van der Waals surface area contributed by atoms with Gasteiger partial charge < -0.3 is 10.6 Å². The van der Waals surface area contributed by atoms with Crippen LogP contribution in [-0.2, 0) is 12.0 Å². The van der Waals surface area contributed by atoms with E-state index < -0.39 is 0 Å². The van der Waals surface area contributed by atoms with Crippen molar-refractivity contribution in [3.63, 3.8) is 0 Å². The molecule has 0 bridgehead atoms. The Bertz CT molecular complexity index is 916. The fraction of sp³-hybridized carbons (Fsp3) is 0.409. The number of nitrogens with one attached hydrogen (secondary N) is 2. The highest BCUT2D eigenvalue weighted by Gasteiger charge is 2.34. The molecule has 1 aromatic carbocycles. The molecule has 0 saturated heterocycles. The smallest absolute Gasteiger partial charge is 0.191 e. The molecule has 0 unspecified atom stereocenters. The van der Waals surface area contributed by atoms with E-state index in [4.69, 9.17) is 0 Å². The number of aromatic nitrogens is 3. The largest absolute Gasteiger partial charge is 0.355 e. The number of para-hydroxylation sites is 1. The van der Waals surface area contributed by atoms with Crippen LogP contribution in [0.25, 0.3) is 5.69 Å². The zero-order valence-corrected chi connectivity index (χ0v) is 20.4. The second-order valence-corrected chi connectivity index (χ2v) is 8.50. The van der Waals surface area contributed by atoms with E-state index in [2.05, 4.69) is 43.3 Å². The van der Waals surface area contributed by atoms with E-state index in [9.17, 15) is 0 Å². The van der Waals surface area contributed by atoms with E-state index in [-0.39, 0.29) is 29.4 Å². The molecule has 6 nitrogen and oxygen atoms in total. The van der Waals surface area contributed by atoms with Crippen molar-refractivity contribution in [3.8, 4) is 5.69 Å². The predicted octanol–water partition coefficient (Wildman–Crippen LogP) is 4.51. The summed E-state index contributed by atoms with van der Waals surface area (Å²) in [5.41, 5.74) is 1.27. The fourth-order valence-electron chi connectivity index (χ4n) is 4.14. The molecule has 4 rings (SSSR count). The molecule has 3 aromatic rings. The van der Waals surface area contributed by atoms with Crippen LogP contribution in [0.2, 0.25) is 0 Å². The van der Waals surface area contributed by atoms with Crippen LogP contribution in [0.3, 0.4) is 0 Å². The van der Waals surface area contributed by atoms with Gasteiger partial charge >= 0.3 is 0 Å². The van der Waals surface area contributed by atoms with E-state index in [0.29, 0.717) is 6.54 Å². The standard InChI is InChI=1S/C22H28N6S.HI/c1-23-21(24-15-20-27-26-17-28(20)18-9-4-2-5-10-18)25-16-22(12-6-3-7-13-22)19-11-8-14-29-19;/h2,4-5,8-11,14,17H,3,6-7,12-13,15-16H2,1H3,(H2,23,24,25);1H. The van der Waals surface area contributed by atoms with Gasteiger partial charge in [-0.2, -0.15) is 0 Å². The lowest BCUT2D eigenvalue weighted by atomic mass is 9.73. The molecule has 0 radical (unpaired) electrons. The zero-order chi connectivity index (χ0) is 19.9. The van der Waals surface area contributed by atoms with Gasteiger partial charge in [0.25, 0.3) is 0 Å². The van der Waals surface area contributed by atoms with Crippen LogP contribution in [-0.4, -0.2) is 34.3 Å². The zero-order valence-electron chi connectivity index (χ0n) is 17.3. The Morgan fingerprint density at radius 1 is 1.10 bits per heavy atom. The molecule has 1 aliphatic rings. The van der Waals surface area contributed by atoms with Crippen molar-refractivity contribution in [3.05, 3.63) is 64.9 Å². The summed E-state index contributed by atoms with van der Waals surface area (Å²) < 4.78 is 1.99. The first kappa shape index (κ1) is 22.7. The lowest BCUT2D eigenvalue weighted by molar-refractivity contribution is 0.296. The average Bonchev–Trinajstić information content (AvgIpc) is 3.48. The van der Waals surface area contributed by atoms with Gasteiger partial charge in [-0.1, -0.05) is 43.5 Å². The number of benzene rings is 1. The molecule has 1 saturated carbocycles. The molecule has 1 fully saturated rings. The van der Waals surface area contributed by atoms with Gasteiger partial charge in [-0.3, -0.25) is 9.56 Å². The first-order valence-corrected chi connectivity index (χ1v) is 11.1. The minimum Gasteiger partial charge on any atom is -0.355 e. The van der Waals surface area contributed by atoms with Crippen molar-refractivity contribution >= 4 is 41.3 Å². The highest BCUT2D eigenvalue weighted by Crippen LogP contribution is 2.41. The van der Waals surface area contributed by atoms with Crippen LogP contribution in [0.15, 0.2) is 59.2 Å². The summed E-state index contributed by atoms with van der Waals surface area (Å²) in [4.78, 5) is 5.92. The average molecular weight is 536 g/mol. The van der Waals surface area contributed by atoms with Crippen LogP contribution in [0.5, 0.6) is 0 Å². The Balaban J connectivity index is 0.00000256. The van der Waals surface area contributed by atoms with E-state index in [0.717, 1.165) is 24.0 Å². The van der Waals surface area contributed by atoms with Crippen LogP contribution in [0.4, 0.5) is 0 Å². The van der Waals surface area contributed by atoms with Gasteiger partial charge in [-0.15, -0.1) is 45.5 Å². The molecule has 2 N–H and O–H groups in total. The van der Waals surface area contributed by atoms with Crippen LogP contribution < -0.4 is 10.6 Å². The van der Waals surface area contributed by atoms with Crippen molar-refractivity contribution in [1.82, 2.24) is 25.4 Å². The van der Waals surface area contributed by atoms with Gasteiger partial charge in [0.2, 0.25) is 0 Å². The molecule has 0 amide bonds. The van der Waals surface area contributed by atoms with Gasteiger partial charge in [0.1, 0.15) is 6.33 Å². The van der Waals surface area contributed by atoms with Gasteiger partial charge in [0.15, 0.2) is 11.8 Å². The number of thiophene rings is 1. The van der Waals surface area contributed by atoms with Crippen LogP contribution in [0, 0.1) is 0 Å². The lowest BCUT2D eigenvalue weighted by Gasteiger charge is -2.37. The molecule has 160 valence electrons. The normalized spacial score (nSPS) is 16.0.